The van der Waals surface area contributed by atoms with E-state index in [1.165, 1.54) is 42.5 Å². The van der Waals surface area contributed by atoms with Gasteiger partial charge in [-0.05, 0) is 54.1 Å². The number of fused-ring (bicyclic) bond motifs is 2. The fourth-order valence-electron chi connectivity index (χ4n) is 3.82. The molecule has 2 heterocycles. The molecular weight excluding hydrogens is 411 g/mol. The number of aliphatic imine (C=N–C) groups is 1. The number of nitrogens with zero attached hydrogens (tertiary/aromatic N) is 1. The van der Waals surface area contributed by atoms with Crippen molar-refractivity contribution in [1.82, 2.24) is 4.98 Å². The maximum absolute atomic E-state index is 14.0. The zero-order valence-corrected chi connectivity index (χ0v) is 15.8. The quantitative estimate of drug-likeness (QED) is 0.331. The van der Waals surface area contributed by atoms with Crippen LogP contribution in [-0.4, -0.2) is 11.2 Å². The SMILES string of the molecule is Fc1ccc2c(c1)C(=C(c1ccc(C(F)(F)F)cc1)c1c[nH]c3ccc(F)cc13)C=N2. The molecule has 7 heteroatoms. The largest absolute Gasteiger partial charge is 0.416 e. The molecule has 3 aromatic carbocycles. The Balaban J connectivity index is 1.80. The van der Waals surface area contributed by atoms with Gasteiger partial charge in [0, 0.05) is 45.6 Å². The molecule has 154 valence electrons. The number of aromatic nitrogens is 1. The summed E-state index contributed by atoms with van der Waals surface area (Å²) in [7, 11) is 0. The molecule has 1 aliphatic rings. The zero-order valence-electron chi connectivity index (χ0n) is 15.8. The molecule has 31 heavy (non-hydrogen) atoms. The third-order valence-electron chi connectivity index (χ3n) is 5.26. The molecule has 0 aliphatic carbocycles. The highest BCUT2D eigenvalue weighted by molar-refractivity contribution is 6.27. The average Bonchev–Trinajstić information content (AvgIpc) is 3.33. The van der Waals surface area contributed by atoms with Gasteiger partial charge in [0.2, 0.25) is 0 Å². The average molecular weight is 424 g/mol. The van der Waals surface area contributed by atoms with Gasteiger partial charge in [0.05, 0.1) is 11.3 Å². The van der Waals surface area contributed by atoms with Gasteiger partial charge in [-0.2, -0.15) is 13.2 Å². The first-order valence-electron chi connectivity index (χ1n) is 9.34. The smallest absolute Gasteiger partial charge is 0.361 e. The monoisotopic (exact) mass is 424 g/mol. The van der Waals surface area contributed by atoms with Crippen LogP contribution in [0.15, 0.2) is 71.9 Å². The standard InChI is InChI=1S/C24H13F5N2/c25-15-5-7-21-17(9-15)19(11-30-21)23(13-1-3-14(4-2-13)24(27,28)29)20-12-31-22-8-6-16(26)10-18(20)22/h1-12,30H. The Labute approximate surface area is 173 Å². The third kappa shape index (κ3) is 3.32. The molecule has 0 bridgehead atoms. The zero-order chi connectivity index (χ0) is 21.8. The molecule has 0 amide bonds. The lowest BCUT2D eigenvalue weighted by Gasteiger charge is -2.14. The fraction of sp³-hybridized carbons (Fsp3) is 0.0417. The molecule has 0 fully saturated rings. The molecule has 1 aromatic heterocycles. The summed E-state index contributed by atoms with van der Waals surface area (Å²) in [5.41, 5.74) is 3.06. The second-order valence-corrected chi connectivity index (χ2v) is 7.18. The van der Waals surface area contributed by atoms with Gasteiger partial charge in [0.15, 0.2) is 0 Å². The van der Waals surface area contributed by atoms with Gasteiger partial charge in [-0.3, -0.25) is 4.99 Å². The van der Waals surface area contributed by atoms with Crippen LogP contribution in [0.1, 0.15) is 22.3 Å². The number of halogens is 5. The minimum absolute atomic E-state index is 0.448. The highest BCUT2D eigenvalue weighted by atomic mass is 19.4. The van der Waals surface area contributed by atoms with Crippen LogP contribution in [0.5, 0.6) is 0 Å². The van der Waals surface area contributed by atoms with Gasteiger partial charge in [0.1, 0.15) is 11.6 Å². The van der Waals surface area contributed by atoms with E-state index in [1.807, 2.05) is 0 Å². The van der Waals surface area contributed by atoms with E-state index in [0.29, 0.717) is 44.4 Å². The van der Waals surface area contributed by atoms with Crippen molar-refractivity contribution < 1.29 is 22.0 Å². The fourth-order valence-corrected chi connectivity index (χ4v) is 3.82. The molecule has 4 aromatic rings. The lowest BCUT2D eigenvalue weighted by Crippen LogP contribution is -2.04. The van der Waals surface area contributed by atoms with Crippen molar-refractivity contribution >= 4 is 34.0 Å². The minimum atomic E-state index is -4.47. The Morgan fingerprint density at radius 1 is 0.839 bits per heavy atom. The summed E-state index contributed by atoms with van der Waals surface area (Å²) in [4.78, 5) is 7.38. The molecule has 0 spiro atoms. The van der Waals surface area contributed by atoms with E-state index < -0.39 is 23.4 Å². The lowest BCUT2D eigenvalue weighted by atomic mass is 9.89. The lowest BCUT2D eigenvalue weighted by molar-refractivity contribution is -0.137. The number of hydrogen-bond donors (Lipinski definition) is 1. The van der Waals surface area contributed by atoms with Gasteiger partial charge in [-0.1, -0.05) is 12.1 Å². The number of allylic oxidation sites excluding steroid dienone is 1. The summed E-state index contributed by atoms with van der Waals surface area (Å²) in [6, 6.07) is 13.1. The topological polar surface area (TPSA) is 28.1 Å². The van der Waals surface area contributed by atoms with Crippen LogP contribution >= 0.6 is 0 Å². The maximum Gasteiger partial charge on any atom is 0.416 e. The van der Waals surface area contributed by atoms with Crippen LogP contribution in [0.3, 0.4) is 0 Å². The molecule has 0 saturated carbocycles. The summed E-state index contributed by atoms with van der Waals surface area (Å²) in [6.45, 7) is 0. The van der Waals surface area contributed by atoms with Crippen molar-refractivity contribution in [3.8, 4) is 0 Å². The number of alkyl halides is 3. The van der Waals surface area contributed by atoms with Crippen LogP contribution in [0.2, 0.25) is 0 Å². The van der Waals surface area contributed by atoms with E-state index in [2.05, 4.69) is 9.98 Å². The van der Waals surface area contributed by atoms with E-state index in [1.54, 1.807) is 18.5 Å². The van der Waals surface area contributed by atoms with Gasteiger partial charge < -0.3 is 4.98 Å². The predicted molar refractivity (Wildman–Crippen MR) is 110 cm³/mol. The van der Waals surface area contributed by atoms with Crippen LogP contribution in [-0.2, 0) is 6.18 Å². The molecular formula is C24H13F5N2. The number of rotatable bonds is 2. The molecule has 0 radical (unpaired) electrons. The van der Waals surface area contributed by atoms with Crippen molar-refractivity contribution in [3.05, 3.63) is 101 Å². The van der Waals surface area contributed by atoms with E-state index in [4.69, 9.17) is 0 Å². The van der Waals surface area contributed by atoms with Crippen LogP contribution in [0.4, 0.5) is 27.6 Å². The Bertz CT molecular complexity index is 1380. The maximum atomic E-state index is 14.0. The Morgan fingerprint density at radius 3 is 2.29 bits per heavy atom. The Hall–Kier alpha value is -3.74. The summed E-state index contributed by atoms with van der Waals surface area (Å²) in [5.74, 6) is -0.907. The third-order valence-corrected chi connectivity index (χ3v) is 5.26. The molecule has 1 N–H and O–H groups in total. The van der Waals surface area contributed by atoms with Crippen LogP contribution in [0.25, 0.3) is 22.0 Å². The summed E-state index contributed by atoms with van der Waals surface area (Å²) in [5, 5.41) is 0.556. The van der Waals surface area contributed by atoms with E-state index in [9.17, 15) is 22.0 Å². The second-order valence-electron chi connectivity index (χ2n) is 7.18. The molecule has 5 rings (SSSR count). The second kappa shape index (κ2) is 6.91. The molecule has 0 unspecified atom stereocenters. The van der Waals surface area contributed by atoms with Gasteiger partial charge in [0.25, 0.3) is 0 Å². The summed E-state index contributed by atoms with van der Waals surface area (Å²) < 4.78 is 67.2. The van der Waals surface area contributed by atoms with E-state index >= 15 is 0 Å². The predicted octanol–water partition coefficient (Wildman–Crippen LogP) is 7.14. The van der Waals surface area contributed by atoms with Crippen LogP contribution < -0.4 is 0 Å². The van der Waals surface area contributed by atoms with Gasteiger partial charge >= 0.3 is 6.18 Å². The Kier molecular flexibility index (Phi) is 4.28. The number of benzene rings is 3. The Morgan fingerprint density at radius 2 is 1.55 bits per heavy atom. The molecule has 1 aliphatic heterocycles. The number of nitrogens with one attached hydrogen (secondary N) is 1. The first-order chi connectivity index (χ1) is 14.8. The van der Waals surface area contributed by atoms with Crippen LogP contribution in [0, 0.1) is 11.6 Å². The number of hydrogen-bond acceptors (Lipinski definition) is 1. The minimum Gasteiger partial charge on any atom is -0.361 e. The van der Waals surface area contributed by atoms with Gasteiger partial charge in [-0.25, -0.2) is 8.78 Å². The number of aromatic amines is 1. The normalized spacial score (nSPS) is 14.9. The van der Waals surface area contributed by atoms with E-state index in [-0.39, 0.29) is 0 Å². The molecule has 0 saturated heterocycles. The van der Waals surface area contributed by atoms with Crippen molar-refractivity contribution in [2.45, 2.75) is 6.18 Å². The van der Waals surface area contributed by atoms with E-state index in [0.717, 1.165) is 12.1 Å². The molecule has 2 nitrogen and oxygen atoms in total. The summed E-state index contributed by atoms with van der Waals surface area (Å²) in [6.07, 6.45) is -1.26. The van der Waals surface area contributed by atoms with Crippen molar-refractivity contribution in [1.29, 1.82) is 0 Å². The highest BCUT2D eigenvalue weighted by Crippen LogP contribution is 2.42. The first kappa shape index (κ1) is 19.2. The van der Waals surface area contributed by atoms with Gasteiger partial charge in [-0.15, -0.1) is 0 Å². The molecule has 0 atom stereocenters. The van der Waals surface area contributed by atoms with Crippen molar-refractivity contribution in [2.75, 3.05) is 0 Å². The first-order valence-corrected chi connectivity index (χ1v) is 9.34. The van der Waals surface area contributed by atoms with Crippen molar-refractivity contribution in [3.63, 3.8) is 0 Å². The number of H-pyrrole nitrogens is 1. The van der Waals surface area contributed by atoms with Crippen molar-refractivity contribution in [2.24, 2.45) is 4.99 Å². The summed E-state index contributed by atoms with van der Waals surface area (Å²) >= 11 is 0. The highest BCUT2D eigenvalue weighted by Gasteiger charge is 2.30.